The number of hydrogen-bond acceptors (Lipinski definition) is 5. The van der Waals surface area contributed by atoms with Gasteiger partial charge >= 0.3 is 6.18 Å². The summed E-state index contributed by atoms with van der Waals surface area (Å²) in [4.78, 5) is 17.6. The summed E-state index contributed by atoms with van der Waals surface area (Å²) in [7, 11) is 0. The maximum Gasteiger partial charge on any atom is 0.390 e. The first-order chi connectivity index (χ1) is 18.1. The number of aromatic nitrogens is 3. The first kappa shape index (κ1) is 26.0. The molecule has 0 bridgehead atoms. The van der Waals surface area contributed by atoms with Crippen molar-refractivity contribution in [1.29, 1.82) is 0 Å². The third-order valence-corrected chi connectivity index (χ3v) is 6.97. The molecule has 0 radical (unpaired) electrons. The molecule has 2 N–H and O–H groups in total. The number of benzene rings is 2. The fourth-order valence-electron chi connectivity index (χ4n) is 4.11. The molecule has 2 heterocycles. The van der Waals surface area contributed by atoms with Crippen molar-refractivity contribution in [2.24, 2.45) is 0 Å². The van der Waals surface area contributed by atoms with Gasteiger partial charge in [-0.25, -0.2) is 13.9 Å². The number of fused-ring (bicyclic) bond motifs is 1. The molecule has 1 fully saturated rings. The second-order valence-corrected chi connectivity index (χ2v) is 10.5. The van der Waals surface area contributed by atoms with Gasteiger partial charge in [-0.15, -0.1) is 0 Å². The summed E-state index contributed by atoms with van der Waals surface area (Å²) >= 11 is 1.20. The van der Waals surface area contributed by atoms with Gasteiger partial charge in [0.15, 0.2) is 5.65 Å². The van der Waals surface area contributed by atoms with Crippen LogP contribution >= 0.6 is 11.8 Å². The zero-order valence-electron chi connectivity index (χ0n) is 20.7. The van der Waals surface area contributed by atoms with Crippen LogP contribution in [0.3, 0.4) is 0 Å². The van der Waals surface area contributed by atoms with Gasteiger partial charge < -0.3 is 10.6 Å². The average molecular weight is 544 g/mol. The highest BCUT2D eigenvalue weighted by Crippen LogP contribution is 2.33. The Labute approximate surface area is 220 Å². The zero-order chi connectivity index (χ0) is 27.0. The smallest absolute Gasteiger partial charge is 0.382 e. The predicted octanol–water partition coefficient (Wildman–Crippen LogP) is 6.56. The summed E-state index contributed by atoms with van der Waals surface area (Å²) in [5, 5.41) is 10.9. The van der Waals surface area contributed by atoms with E-state index in [0.29, 0.717) is 32.5 Å². The minimum Gasteiger partial charge on any atom is -0.382 e. The van der Waals surface area contributed by atoms with Crippen LogP contribution < -0.4 is 10.6 Å². The number of hydrogen-bond donors (Lipinski definition) is 2. The Morgan fingerprint density at radius 1 is 1.13 bits per heavy atom. The van der Waals surface area contributed by atoms with Crippen molar-refractivity contribution in [3.63, 3.8) is 0 Å². The molecule has 1 saturated carbocycles. The third-order valence-electron chi connectivity index (χ3n) is 6.09. The van der Waals surface area contributed by atoms with E-state index in [-0.39, 0.29) is 24.3 Å². The van der Waals surface area contributed by atoms with Crippen molar-refractivity contribution < 1.29 is 22.4 Å². The summed E-state index contributed by atoms with van der Waals surface area (Å²) in [6.45, 7) is 3.29. The highest BCUT2D eigenvalue weighted by atomic mass is 32.2. The van der Waals surface area contributed by atoms with Crippen LogP contribution in [0.25, 0.3) is 16.9 Å². The van der Waals surface area contributed by atoms with Gasteiger partial charge in [0.05, 0.1) is 24.0 Å². The molecule has 6 nitrogen and oxygen atoms in total. The first-order valence-corrected chi connectivity index (χ1v) is 12.9. The molecular formula is C27H25F4N5OS. The quantitative estimate of drug-likeness (QED) is 0.246. The molecule has 2 aromatic heterocycles. The van der Waals surface area contributed by atoms with E-state index < -0.39 is 12.6 Å². The molecule has 1 aliphatic rings. The number of halogens is 4. The summed E-state index contributed by atoms with van der Waals surface area (Å²) in [5.41, 5.74) is 4.18. The summed E-state index contributed by atoms with van der Waals surface area (Å²) in [5.74, 6) is -0.505. The Hall–Kier alpha value is -3.60. The largest absolute Gasteiger partial charge is 0.390 e. The lowest BCUT2D eigenvalue weighted by Crippen LogP contribution is -2.26. The monoisotopic (exact) mass is 543 g/mol. The molecule has 11 heteroatoms. The number of nitrogens with one attached hydrogen (secondary N) is 2. The number of aryl methyl sites for hydroxylation is 2. The number of amides is 1. The van der Waals surface area contributed by atoms with E-state index in [1.54, 1.807) is 41.9 Å². The molecule has 2 aromatic carbocycles. The molecule has 4 aromatic rings. The maximum absolute atomic E-state index is 14.0. The van der Waals surface area contributed by atoms with Crippen molar-refractivity contribution in [3.05, 3.63) is 71.2 Å². The van der Waals surface area contributed by atoms with Gasteiger partial charge in [0.25, 0.3) is 5.91 Å². The van der Waals surface area contributed by atoms with Crippen LogP contribution in [0, 0.1) is 19.7 Å². The van der Waals surface area contributed by atoms with Crippen LogP contribution in [0.15, 0.2) is 58.6 Å². The van der Waals surface area contributed by atoms with E-state index in [2.05, 4.69) is 20.7 Å². The number of alkyl halides is 3. The van der Waals surface area contributed by atoms with E-state index in [1.165, 1.54) is 23.9 Å². The van der Waals surface area contributed by atoms with Crippen molar-refractivity contribution in [3.8, 4) is 11.3 Å². The van der Waals surface area contributed by atoms with Gasteiger partial charge in [-0.1, -0.05) is 17.8 Å². The van der Waals surface area contributed by atoms with Gasteiger partial charge in [0.2, 0.25) is 0 Å². The van der Waals surface area contributed by atoms with Gasteiger partial charge in [-0.05, 0) is 74.2 Å². The molecule has 0 saturated heterocycles. The van der Waals surface area contributed by atoms with Gasteiger partial charge in [0, 0.05) is 28.6 Å². The van der Waals surface area contributed by atoms with Crippen LogP contribution in [-0.4, -0.2) is 39.3 Å². The topological polar surface area (TPSA) is 71.3 Å². The number of rotatable bonds is 8. The lowest BCUT2D eigenvalue weighted by molar-refractivity contribution is -0.131. The maximum atomic E-state index is 14.0. The lowest BCUT2D eigenvalue weighted by Gasteiger charge is -2.13. The number of imidazole rings is 1. The molecule has 5 rings (SSSR count). The summed E-state index contributed by atoms with van der Waals surface area (Å²) < 4.78 is 53.9. The number of anilines is 1. The van der Waals surface area contributed by atoms with Crippen LogP contribution in [0.4, 0.5) is 23.2 Å². The molecule has 38 heavy (non-hydrogen) atoms. The van der Waals surface area contributed by atoms with E-state index >= 15 is 0 Å². The van der Waals surface area contributed by atoms with Crippen LogP contribution in [0.1, 0.15) is 40.7 Å². The first-order valence-electron chi connectivity index (χ1n) is 12.1. The number of carbonyl (C=O) groups is 1. The molecule has 1 aliphatic carbocycles. The van der Waals surface area contributed by atoms with Crippen LogP contribution in [0.5, 0.6) is 0 Å². The van der Waals surface area contributed by atoms with Crippen molar-refractivity contribution in [2.45, 2.75) is 55.2 Å². The van der Waals surface area contributed by atoms with E-state index in [1.807, 2.05) is 13.0 Å². The van der Waals surface area contributed by atoms with E-state index in [4.69, 9.17) is 0 Å². The SMILES string of the molecule is Cc1cc(F)cc(Sc2cc(NCCC(F)(F)F)c3ncc(-c4ccc(C(=O)NC5CC5)c(C)c4)n3n2)c1. The molecule has 0 unspecified atom stereocenters. The summed E-state index contributed by atoms with van der Waals surface area (Å²) in [6, 6.07) is 11.9. The highest BCUT2D eigenvalue weighted by Gasteiger charge is 2.27. The number of carbonyl (C=O) groups excluding carboxylic acids is 1. The standard InChI is InChI=1S/C27H25F4N5OS/c1-15-9-18(28)12-20(10-15)38-24-13-22(32-8-7-27(29,30)31)25-33-14-23(36(25)35-24)17-3-6-21(16(2)11-17)26(37)34-19-4-5-19/h3,6,9-14,19,32H,4-5,7-8H2,1-2H3,(H,34,37). The minimum absolute atomic E-state index is 0.118. The van der Waals surface area contributed by atoms with Crippen LogP contribution in [-0.2, 0) is 0 Å². The minimum atomic E-state index is -4.31. The zero-order valence-corrected chi connectivity index (χ0v) is 21.5. The lowest BCUT2D eigenvalue weighted by atomic mass is 10.0. The fraction of sp³-hybridized carbons (Fsp3) is 0.296. The van der Waals surface area contributed by atoms with E-state index in [9.17, 15) is 22.4 Å². The fourth-order valence-corrected chi connectivity index (χ4v) is 5.07. The third kappa shape index (κ3) is 6.09. The average Bonchev–Trinajstić information content (AvgIpc) is 3.52. The number of nitrogens with zero attached hydrogens (tertiary/aromatic N) is 3. The Morgan fingerprint density at radius 3 is 2.61 bits per heavy atom. The normalized spacial score (nSPS) is 13.6. The Kier molecular flexibility index (Phi) is 7.04. The molecule has 0 spiro atoms. The van der Waals surface area contributed by atoms with Crippen molar-refractivity contribution >= 4 is 29.0 Å². The molecule has 1 amide bonds. The van der Waals surface area contributed by atoms with E-state index in [0.717, 1.165) is 29.5 Å². The molecule has 198 valence electrons. The molecular weight excluding hydrogens is 518 g/mol. The molecule has 0 aliphatic heterocycles. The Bertz CT molecular complexity index is 1490. The van der Waals surface area contributed by atoms with Crippen LogP contribution in [0.2, 0.25) is 0 Å². The Balaban J connectivity index is 1.52. The van der Waals surface area contributed by atoms with Gasteiger partial charge in [-0.2, -0.15) is 18.3 Å². The van der Waals surface area contributed by atoms with Crippen molar-refractivity contribution in [2.75, 3.05) is 11.9 Å². The highest BCUT2D eigenvalue weighted by molar-refractivity contribution is 7.99. The van der Waals surface area contributed by atoms with Crippen molar-refractivity contribution in [1.82, 2.24) is 19.9 Å². The van der Waals surface area contributed by atoms with Gasteiger partial charge in [-0.3, -0.25) is 4.79 Å². The summed E-state index contributed by atoms with van der Waals surface area (Å²) in [6.07, 6.45) is -1.74. The Morgan fingerprint density at radius 2 is 1.92 bits per heavy atom. The van der Waals surface area contributed by atoms with Gasteiger partial charge in [0.1, 0.15) is 10.8 Å². The second-order valence-electron chi connectivity index (χ2n) is 9.41. The molecule has 0 atom stereocenters. The predicted molar refractivity (Wildman–Crippen MR) is 138 cm³/mol. The second kappa shape index (κ2) is 10.3.